The summed E-state index contributed by atoms with van der Waals surface area (Å²) in [6.07, 6.45) is 0. The maximum atomic E-state index is 8.90. The Balaban J connectivity index is 2.35. The molecular weight excluding hydrogens is 349 g/mol. The number of nitrogens with one attached hydrogen (secondary N) is 1. The molecule has 3 nitrogen and oxygen atoms in total. The van der Waals surface area contributed by atoms with E-state index in [9.17, 15) is 0 Å². The molecule has 3 rings (SSSR count). The minimum absolute atomic E-state index is 0.427. The van der Waals surface area contributed by atoms with Crippen LogP contribution in [0.1, 0.15) is 5.56 Å². The van der Waals surface area contributed by atoms with Gasteiger partial charge in [0.15, 0.2) is 4.77 Å². The highest BCUT2D eigenvalue weighted by Crippen LogP contribution is 2.31. The molecule has 0 radical (unpaired) electrons. The maximum absolute atomic E-state index is 8.90. The largest absolute Gasteiger partial charge is 0.330 e. The first-order valence-electron chi connectivity index (χ1n) is 5.81. The number of aromatic nitrogens is 2. The number of halogens is 3. The van der Waals surface area contributed by atoms with Crippen molar-refractivity contribution in [1.82, 2.24) is 9.55 Å². The van der Waals surface area contributed by atoms with Gasteiger partial charge in [0.05, 0.1) is 43.4 Å². The molecule has 1 heterocycles. The van der Waals surface area contributed by atoms with Gasteiger partial charge in [0.2, 0.25) is 0 Å². The fourth-order valence-corrected chi connectivity index (χ4v) is 2.99. The van der Waals surface area contributed by atoms with Crippen molar-refractivity contribution in [2.24, 2.45) is 0 Å². The van der Waals surface area contributed by atoms with Crippen LogP contribution in [0.5, 0.6) is 0 Å². The van der Waals surface area contributed by atoms with E-state index < -0.39 is 0 Å². The smallest absolute Gasteiger partial charge is 0.182 e. The van der Waals surface area contributed by atoms with E-state index in [0.29, 0.717) is 31.1 Å². The Morgan fingerprint density at radius 3 is 2.43 bits per heavy atom. The van der Waals surface area contributed by atoms with E-state index in [1.54, 1.807) is 34.9 Å². The summed E-state index contributed by atoms with van der Waals surface area (Å²) in [5, 5.41) is 10.2. The number of nitrogens with zero attached hydrogens (tertiary/aromatic N) is 2. The Morgan fingerprint density at radius 2 is 1.76 bits per heavy atom. The molecule has 0 saturated heterocycles. The minimum Gasteiger partial charge on any atom is -0.330 e. The molecule has 0 aliphatic carbocycles. The van der Waals surface area contributed by atoms with Crippen LogP contribution in [0.3, 0.4) is 0 Å². The zero-order valence-corrected chi connectivity index (χ0v) is 13.4. The summed E-state index contributed by atoms with van der Waals surface area (Å²) >= 11 is 23.7. The first-order chi connectivity index (χ1) is 10.0. The van der Waals surface area contributed by atoms with Crippen LogP contribution in [0, 0.1) is 16.1 Å². The maximum Gasteiger partial charge on any atom is 0.182 e. The Morgan fingerprint density at radius 1 is 1.05 bits per heavy atom. The lowest BCUT2D eigenvalue weighted by atomic mass is 10.2. The summed E-state index contributed by atoms with van der Waals surface area (Å²) < 4.78 is 2.23. The van der Waals surface area contributed by atoms with E-state index in [4.69, 9.17) is 52.3 Å². The number of aromatic amines is 1. The van der Waals surface area contributed by atoms with Crippen molar-refractivity contribution >= 4 is 58.1 Å². The van der Waals surface area contributed by atoms with Gasteiger partial charge in [0.25, 0.3) is 0 Å². The average Bonchev–Trinajstić information content (AvgIpc) is 2.75. The third-order valence-electron chi connectivity index (χ3n) is 3.04. The second kappa shape index (κ2) is 5.36. The molecule has 21 heavy (non-hydrogen) atoms. The van der Waals surface area contributed by atoms with Crippen molar-refractivity contribution in [1.29, 1.82) is 5.26 Å². The predicted octanol–water partition coefficient (Wildman–Crippen LogP) is 5.52. The third-order valence-corrected chi connectivity index (χ3v) is 4.35. The zero-order chi connectivity index (χ0) is 15.1. The van der Waals surface area contributed by atoms with Gasteiger partial charge in [-0.05, 0) is 42.5 Å². The van der Waals surface area contributed by atoms with Gasteiger partial charge < -0.3 is 4.98 Å². The number of hydrogen-bond donors (Lipinski definition) is 1. The molecule has 0 aliphatic heterocycles. The molecule has 0 amide bonds. The highest BCUT2D eigenvalue weighted by Gasteiger charge is 2.12. The Kier molecular flexibility index (Phi) is 3.68. The molecule has 0 bridgehead atoms. The average molecular weight is 355 g/mol. The minimum atomic E-state index is 0.427. The van der Waals surface area contributed by atoms with Crippen molar-refractivity contribution in [3.63, 3.8) is 0 Å². The number of nitriles is 1. The van der Waals surface area contributed by atoms with Crippen molar-refractivity contribution in [2.75, 3.05) is 0 Å². The van der Waals surface area contributed by atoms with E-state index >= 15 is 0 Å². The lowest BCUT2D eigenvalue weighted by Crippen LogP contribution is -1.95. The molecule has 1 N–H and O–H groups in total. The Labute approximate surface area is 140 Å². The van der Waals surface area contributed by atoms with Gasteiger partial charge in [0, 0.05) is 0 Å². The Hall–Kier alpha value is -1.51. The molecule has 2 aromatic carbocycles. The molecule has 0 fully saturated rings. The van der Waals surface area contributed by atoms with Gasteiger partial charge in [-0.3, -0.25) is 4.57 Å². The van der Waals surface area contributed by atoms with Crippen LogP contribution < -0.4 is 0 Å². The molecule has 3 aromatic rings. The van der Waals surface area contributed by atoms with Gasteiger partial charge >= 0.3 is 0 Å². The standard InChI is InChI=1S/C14H6Cl3N3S/c15-8-4-11-13(5-9(8)16)20(14(21)19-11)12-2-1-7(6-18)3-10(12)17/h1-5H,(H,19,21). The third kappa shape index (κ3) is 2.43. The monoisotopic (exact) mass is 353 g/mol. The SMILES string of the molecule is N#Cc1ccc(-n2c(=S)[nH]c3cc(Cl)c(Cl)cc32)c(Cl)c1. The second-order valence-corrected chi connectivity index (χ2v) is 5.94. The first kappa shape index (κ1) is 14.4. The van der Waals surface area contributed by atoms with Gasteiger partial charge in [-0.15, -0.1) is 0 Å². The van der Waals surface area contributed by atoms with Crippen molar-refractivity contribution in [3.8, 4) is 11.8 Å². The highest BCUT2D eigenvalue weighted by atomic mass is 35.5. The van der Waals surface area contributed by atoms with E-state index in [-0.39, 0.29) is 0 Å². The normalized spacial score (nSPS) is 10.8. The Bertz CT molecular complexity index is 966. The lowest BCUT2D eigenvalue weighted by Gasteiger charge is -2.08. The van der Waals surface area contributed by atoms with Crippen molar-refractivity contribution in [2.45, 2.75) is 0 Å². The first-order valence-corrected chi connectivity index (χ1v) is 7.35. The van der Waals surface area contributed by atoms with E-state index in [1.165, 1.54) is 0 Å². The van der Waals surface area contributed by atoms with Gasteiger partial charge in [-0.2, -0.15) is 5.26 Å². The van der Waals surface area contributed by atoms with Gasteiger partial charge in [-0.25, -0.2) is 0 Å². The zero-order valence-electron chi connectivity index (χ0n) is 10.3. The number of benzene rings is 2. The molecule has 0 saturated carbocycles. The van der Waals surface area contributed by atoms with Crippen LogP contribution in [0.4, 0.5) is 0 Å². The quantitative estimate of drug-likeness (QED) is 0.585. The summed E-state index contributed by atoms with van der Waals surface area (Å²) in [6, 6.07) is 10.5. The second-order valence-electron chi connectivity index (χ2n) is 4.33. The number of rotatable bonds is 1. The van der Waals surface area contributed by atoms with Crippen LogP contribution >= 0.6 is 47.0 Å². The van der Waals surface area contributed by atoms with E-state index in [2.05, 4.69) is 4.98 Å². The van der Waals surface area contributed by atoms with Crippen LogP contribution in [0.2, 0.25) is 15.1 Å². The fourth-order valence-electron chi connectivity index (χ4n) is 2.10. The molecule has 104 valence electrons. The van der Waals surface area contributed by atoms with Crippen molar-refractivity contribution in [3.05, 3.63) is 55.7 Å². The molecule has 0 spiro atoms. The summed E-state index contributed by atoms with van der Waals surface area (Å²) in [7, 11) is 0. The summed E-state index contributed by atoms with van der Waals surface area (Å²) in [6.45, 7) is 0. The number of hydrogen-bond acceptors (Lipinski definition) is 2. The molecule has 7 heteroatoms. The van der Waals surface area contributed by atoms with Crippen LogP contribution in [-0.4, -0.2) is 9.55 Å². The summed E-state index contributed by atoms with van der Waals surface area (Å²) in [4.78, 5) is 3.06. The topological polar surface area (TPSA) is 44.5 Å². The van der Waals surface area contributed by atoms with Crippen LogP contribution in [-0.2, 0) is 0 Å². The molecule has 0 atom stereocenters. The van der Waals surface area contributed by atoms with E-state index in [0.717, 1.165) is 11.0 Å². The lowest BCUT2D eigenvalue weighted by molar-refractivity contribution is 1.06. The molecule has 0 unspecified atom stereocenters. The number of imidazole rings is 1. The fraction of sp³-hybridized carbons (Fsp3) is 0. The highest BCUT2D eigenvalue weighted by molar-refractivity contribution is 7.71. The molecular formula is C14H6Cl3N3S. The van der Waals surface area contributed by atoms with Crippen LogP contribution in [0.15, 0.2) is 30.3 Å². The van der Waals surface area contributed by atoms with Crippen molar-refractivity contribution < 1.29 is 0 Å². The molecule has 1 aromatic heterocycles. The van der Waals surface area contributed by atoms with Gasteiger partial charge in [0.1, 0.15) is 0 Å². The molecule has 0 aliphatic rings. The van der Waals surface area contributed by atoms with Crippen LogP contribution in [0.25, 0.3) is 16.7 Å². The summed E-state index contributed by atoms with van der Waals surface area (Å²) in [5.41, 5.74) is 2.68. The number of fused-ring (bicyclic) bond motifs is 1. The van der Waals surface area contributed by atoms with Gasteiger partial charge in [-0.1, -0.05) is 34.8 Å². The van der Waals surface area contributed by atoms with E-state index in [1.807, 2.05) is 6.07 Å². The summed E-state index contributed by atoms with van der Waals surface area (Å²) in [5.74, 6) is 0. The number of H-pyrrole nitrogens is 1. The predicted molar refractivity (Wildman–Crippen MR) is 88.2 cm³/mol.